The van der Waals surface area contributed by atoms with Crippen LogP contribution in [0.25, 0.3) is 10.8 Å². The summed E-state index contributed by atoms with van der Waals surface area (Å²) in [5.74, 6) is 0.556. The van der Waals surface area contributed by atoms with Gasteiger partial charge in [-0.2, -0.15) is 0 Å². The molecule has 0 aromatic heterocycles. The van der Waals surface area contributed by atoms with Gasteiger partial charge in [0, 0.05) is 11.6 Å². The van der Waals surface area contributed by atoms with Crippen LogP contribution in [0.1, 0.15) is 45.4 Å². The molecule has 0 saturated carbocycles. The zero-order valence-corrected chi connectivity index (χ0v) is 16.1. The van der Waals surface area contributed by atoms with Crippen LogP contribution in [0.5, 0.6) is 0 Å². The number of anilines is 1. The van der Waals surface area contributed by atoms with Gasteiger partial charge in [0.2, 0.25) is 0 Å². The molecule has 0 spiro atoms. The van der Waals surface area contributed by atoms with Gasteiger partial charge in [0.25, 0.3) is 0 Å². The largest absolute Gasteiger partial charge is 0.465 e. The first-order valence-electron chi connectivity index (χ1n) is 9.81. The standard InChI is InChI=1S/C25H23NO2/c1-15-17(25(27)28-2)13-14-22-19-10-6-12-21(19)24(26-23(15)22)20-11-5-8-16-7-3-4-9-18(16)20/h3-11,13-14,19,21,24,26H,12H2,1-2H3/t19-,21-,24+/m0/s1. The number of fused-ring (bicyclic) bond motifs is 4. The first-order chi connectivity index (χ1) is 13.7. The molecule has 5 rings (SSSR count). The van der Waals surface area contributed by atoms with E-state index >= 15 is 0 Å². The number of esters is 1. The normalized spacial score (nSPS) is 22.4. The number of nitrogens with one attached hydrogen (secondary N) is 1. The van der Waals surface area contributed by atoms with Gasteiger partial charge in [-0.05, 0) is 52.8 Å². The van der Waals surface area contributed by atoms with Crippen molar-refractivity contribution in [3.63, 3.8) is 0 Å². The fraction of sp³-hybridized carbons (Fsp3) is 0.240. The van der Waals surface area contributed by atoms with E-state index < -0.39 is 0 Å². The molecule has 0 saturated heterocycles. The molecule has 0 bridgehead atoms. The molecule has 140 valence electrons. The summed E-state index contributed by atoms with van der Waals surface area (Å²) >= 11 is 0. The van der Waals surface area contributed by atoms with E-state index in [0.29, 0.717) is 17.4 Å². The van der Waals surface area contributed by atoms with Crippen molar-refractivity contribution in [3.8, 4) is 0 Å². The number of carbonyl (C=O) groups excluding carboxylic acids is 1. The van der Waals surface area contributed by atoms with Gasteiger partial charge in [0.15, 0.2) is 0 Å². The van der Waals surface area contributed by atoms with E-state index in [-0.39, 0.29) is 12.0 Å². The van der Waals surface area contributed by atoms with Crippen molar-refractivity contribution in [2.75, 3.05) is 12.4 Å². The predicted octanol–water partition coefficient (Wildman–Crippen LogP) is 5.76. The smallest absolute Gasteiger partial charge is 0.338 e. The first-order valence-corrected chi connectivity index (χ1v) is 9.81. The molecular weight excluding hydrogens is 346 g/mol. The molecule has 1 heterocycles. The molecule has 0 radical (unpaired) electrons. The summed E-state index contributed by atoms with van der Waals surface area (Å²) in [6, 6.07) is 19.3. The maximum Gasteiger partial charge on any atom is 0.338 e. The van der Waals surface area contributed by atoms with Crippen LogP contribution >= 0.6 is 0 Å². The monoisotopic (exact) mass is 369 g/mol. The molecule has 3 aromatic rings. The Morgan fingerprint density at radius 3 is 2.71 bits per heavy atom. The third-order valence-electron chi connectivity index (χ3n) is 6.36. The Morgan fingerprint density at radius 2 is 1.86 bits per heavy atom. The molecule has 1 N–H and O–H groups in total. The number of rotatable bonds is 2. The van der Waals surface area contributed by atoms with E-state index in [4.69, 9.17) is 4.74 Å². The van der Waals surface area contributed by atoms with Crippen LogP contribution in [-0.2, 0) is 4.74 Å². The number of hydrogen-bond donors (Lipinski definition) is 1. The zero-order valence-electron chi connectivity index (χ0n) is 16.1. The predicted molar refractivity (Wildman–Crippen MR) is 113 cm³/mol. The van der Waals surface area contributed by atoms with Crippen molar-refractivity contribution in [3.05, 3.63) is 89.0 Å². The van der Waals surface area contributed by atoms with Crippen LogP contribution in [0.3, 0.4) is 0 Å². The highest BCUT2D eigenvalue weighted by Gasteiger charge is 2.39. The average molecular weight is 369 g/mol. The van der Waals surface area contributed by atoms with Crippen molar-refractivity contribution >= 4 is 22.4 Å². The molecule has 0 unspecified atom stereocenters. The van der Waals surface area contributed by atoms with Gasteiger partial charge in [0.1, 0.15) is 0 Å². The molecule has 1 aliphatic heterocycles. The summed E-state index contributed by atoms with van der Waals surface area (Å²) in [4.78, 5) is 12.2. The maximum atomic E-state index is 12.2. The molecule has 3 aromatic carbocycles. The highest BCUT2D eigenvalue weighted by atomic mass is 16.5. The zero-order chi connectivity index (χ0) is 19.3. The average Bonchev–Trinajstić information content (AvgIpc) is 3.23. The van der Waals surface area contributed by atoms with Crippen molar-refractivity contribution in [1.29, 1.82) is 0 Å². The molecule has 28 heavy (non-hydrogen) atoms. The van der Waals surface area contributed by atoms with Crippen molar-refractivity contribution in [2.45, 2.75) is 25.3 Å². The second kappa shape index (κ2) is 6.52. The van der Waals surface area contributed by atoms with Crippen molar-refractivity contribution in [1.82, 2.24) is 0 Å². The van der Waals surface area contributed by atoms with Gasteiger partial charge < -0.3 is 10.1 Å². The fourth-order valence-corrected chi connectivity index (χ4v) is 4.98. The second-order valence-corrected chi connectivity index (χ2v) is 7.74. The minimum absolute atomic E-state index is 0.199. The van der Waals surface area contributed by atoms with Crippen LogP contribution < -0.4 is 5.32 Å². The molecule has 3 nitrogen and oxygen atoms in total. The maximum absolute atomic E-state index is 12.2. The van der Waals surface area contributed by atoms with Crippen molar-refractivity contribution < 1.29 is 9.53 Å². The number of ether oxygens (including phenoxy) is 1. The van der Waals surface area contributed by atoms with Crippen LogP contribution in [0.2, 0.25) is 0 Å². The van der Waals surface area contributed by atoms with Gasteiger partial charge in [-0.3, -0.25) is 0 Å². The lowest BCUT2D eigenvalue weighted by Gasteiger charge is -2.39. The van der Waals surface area contributed by atoms with Gasteiger partial charge in [-0.25, -0.2) is 4.79 Å². The summed E-state index contributed by atoms with van der Waals surface area (Å²) in [7, 11) is 1.43. The number of benzene rings is 3. The molecule has 3 atom stereocenters. The Kier molecular flexibility index (Phi) is 3.97. The summed E-state index contributed by atoms with van der Waals surface area (Å²) in [6.07, 6.45) is 5.69. The second-order valence-electron chi connectivity index (χ2n) is 7.74. The Bertz CT molecular complexity index is 1110. The van der Waals surface area contributed by atoms with E-state index in [2.05, 4.69) is 66.0 Å². The van der Waals surface area contributed by atoms with E-state index in [9.17, 15) is 4.79 Å². The van der Waals surface area contributed by atoms with E-state index in [0.717, 1.165) is 17.7 Å². The van der Waals surface area contributed by atoms with Gasteiger partial charge >= 0.3 is 5.97 Å². The summed E-state index contributed by atoms with van der Waals surface area (Å²) in [5.41, 5.74) is 5.28. The van der Waals surface area contributed by atoms with E-state index in [1.165, 1.54) is 29.0 Å². The minimum Gasteiger partial charge on any atom is -0.465 e. The molecule has 2 aliphatic rings. The van der Waals surface area contributed by atoms with Crippen LogP contribution in [0.4, 0.5) is 5.69 Å². The molecule has 0 fully saturated rings. The lowest BCUT2D eigenvalue weighted by Crippen LogP contribution is -2.30. The highest BCUT2D eigenvalue weighted by molar-refractivity contribution is 5.94. The summed E-state index contributed by atoms with van der Waals surface area (Å²) in [6.45, 7) is 2.01. The Balaban J connectivity index is 1.68. The van der Waals surface area contributed by atoms with Crippen LogP contribution in [-0.4, -0.2) is 13.1 Å². The lowest BCUT2D eigenvalue weighted by atomic mass is 9.75. The van der Waals surface area contributed by atoms with Gasteiger partial charge in [-0.15, -0.1) is 0 Å². The van der Waals surface area contributed by atoms with E-state index in [1.54, 1.807) is 0 Å². The molecular formula is C25H23NO2. The number of hydrogen-bond acceptors (Lipinski definition) is 3. The summed E-state index contributed by atoms with van der Waals surface area (Å²) in [5, 5.41) is 6.37. The fourth-order valence-electron chi connectivity index (χ4n) is 4.98. The van der Waals surface area contributed by atoms with Gasteiger partial charge in [-0.1, -0.05) is 60.7 Å². The third-order valence-corrected chi connectivity index (χ3v) is 6.36. The molecule has 3 heteroatoms. The number of methoxy groups -OCH3 is 1. The lowest BCUT2D eigenvalue weighted by molar-refractivity contribution is 0.0600. The Morgan fingerprint density at radius 1 is 1.04 bits per heavy atom. The molecule has 0 amide bonds. The number of carbonyl (C=O) groups is 1. The van der Waals surface area contributed by atoms with Crippen LogP contribution in [0, 0.1) is 12.8 Å². The third kappa shape index (κ3) is 2.46. The SMILES string of the molecule is COC(=O)c1ccc2c(c1C)N[C@H](c1cccc3ccccc13)[C@H]1CC=C[C@H]21. The first kappa shape index (κ1) is 17.1. The minimum atomic E-state index is -0.284. The van der Waals surface area contributed by atoms with Gasteiger partial charge in [0.05, 0.1) is 18.7 Å². The Labute approximate surface area is 165 Å². The highest BCUT2D eigenvalue weighted by Crippen LogP contribution is 2.51. The quantitative estimate of drug-likeness (QED) is 0.461. The van der Waals surface area contributed by atoms with Crippen LogP contribution in [0.15, 0.2) is 66.7 Å². The Hall–Kier alpha value is -3.07. The number of allylic oxidation sites excluding steroid dienone is 2. The summed E-state index contributed by atoms with van der Waals surface area (Å²) < 4.78 is 4.98. The van der Waals surface area contributed by atoms with E-state index in [1.807, 2.05) is 13.0 Å². The van der Waals surface area contributed by atoms with Crippen molar-refractivity contribution in [2.24, 2.45) is 5.92 Å². The topological polar surface area (TPSA) is 38.3 Å². The molecule has 1 aliphatic carbocycles.